The van der Waals surface area contributed by atoms with Crippen molar-refractivity contribution in [1.29, 1.82) is 0 Å². The standard InChI is InChI=1S/C10H16O4/c1-6(7(2)9(11)12)8-5-13-10(3,4)14-8/h6,8H,2,5H2,1,3-4H3,(H,11,12). The summed E-state index contributed by atoms with van der Waals surface area (Å²) in [5, 5.41) is 8.75. The van der Waals surface area contributed by atoms with Crippen molar-refractivity contribution < 1.29 is 19.4 Å². The van der Waals surface area contributed by atoms with E-state index in [0.29, 0.717) is 6.61 Å². The third-order valence-electron chi connectivity index (χ3n) is 2.41. The number of carboxylic acids is 1. The molecule has 80 valence electrons. The van der Waals surface area contributed by atoms with E-state index in [1.807, 2.05) is 13.8 Å². The molecule has 0 spiro atoms. The SMILES string of the molecule is C=C(C(=O)O)C(C)C1COC(C)(C)O1. The zero-order valence-corrected chi connectivity index (χ0v) is 8.74. The van der Waals surface area contributed by atoms with E-state index in [1.165, 1.54) is 0 Å². The highest BCUT2D eigenvalue weighted by Crippen LogP contribution is 2.29. The predicted molar refractivity (Wildman–Crippen MR) is 50.8 cm³/mol. The van der Waals surface area contributed by atoms with E-state index in [2.05, 4.69) is 6.58 Å². The number of carboxylic acid groups (broad SMARTS) is 1. The van der Waals surface area contributed by atoms with Gasteiger partial charge in [0.15, 0.2) is 5.79 Å². The molecule has 1 aliphatic heterocycles. The summed E-state index contributed by atoms with van der Waals surface area (Å²) in [6.45, 7) is 9.33. The Hall–Kier alpha value is -0.870. The van der Waals surface area contributed by atoms with E-state index in [0.717, 1.165) is 0 Å². The minimum Gasteiger partial charge on any atom is -0.478 e. The summed E-state index contributed by atoms with van der Waals surface area (Å²) in [6, 6.07) is 0. The molecule has 1 saturated heterocycles. The Bertz CT molecular complexity index is 257. The maximum Gasteiger partial charge on any atom is 0.331 e. The van der Waals surface area contributed by atoms with Gasteiger partial charge in [0.05, 0.1) is 12.7 Å². The minimum absolute atomic E-state index is 0.163. The van der Waals surface area contributed by atoms with Crippen molar-refractivity contribution in [2.45, 2.75) is 32.7 Å². The monoisotopic (exact) mass is 200 g/mol. The molecule has 2 atom stereocenters. The molecule has 1 fully saturated rings. The summed E-state index contributed by atoms with van der Waals surface area (Å²) >= 11 is 0. The number of carbonyl (C=O) groups is 1. The van der Waals surface area contributed by atoms with Gasteiger partial charge >= 0.3 is 5.97 Å². The van der Waals surface area contributed by atoms with Gasteiger partial charge in [-0.1, -0.05) is 13.5 Å². The largest absolute Gasteiger partial charge is 0.478 e. The van der Waals surface area contributed by atoms with E-state index in [9.17, 15) is 4.79 Å². The Morgan fingerprint density at radius 1 is 1.64 bits per heavy atom. The first-order valence-corrected chi connectivity index (χ1v) is 4.57. The van der Waals surface area contributed by atoms with Gasteiger partial charge in [-0.3, -0.25) is 0 Å². The quantitative estimate of drug-likeness (QED) is 0.700. The van der Waals surface area contributed by atoms with Crippen molar-refractivity contribution >= 4 is 5.97 Å². The van der Waals surface area contributed by atoms with E-state index < -0.39 is 11.8 Å². The smallest absolute Gasteiger partial charge is 0.331 e. The van der Waals surface area contributed by atoms with Crippen molar-refractivity contribution in [3.8, 4) is 0 Å². The summed E-state index contributed by atoms with van der Waals surface area (Å²) in [5.41, 5.74) is 0.163. The van der Waals surface area contributed by atoms with Crippen LogP contribution in [0.2, 0.25) is 0 Å². The normalized spacial score (nSPS) is 27.2. The van der Waals surface area contributed by atoms with Gasteiger partial charge in [0.2, 0.25) is 0 Å². The van der Waals surface area contributed by atoms with E-state index in [-0.39, 0.29) is 17.6 Å². The van der Waals surface area contributed by atoms with Gasteiger partial charge in [0.25, 0.3) is 0 Å². The molecule has 0 radical (unpaired) electrons. The van der Waals surface area contributed by atoms with Crippen LogP contribution in [0.15, 0.2) is 12.2 Å². The number of aliphatic carboxylic acids is 1. The first-order valence-electron chi connectivity index (χ1n) is 4.57. The molecule has 0 aromatic heterocycles. The highest BCUT2D eigenvalue weighted by atomic mass is 16.7. The van der Waals surface area contributed by atoms with Crippen LogP contribution in [-0.2, 0) is 14.3 Å². The lowest BCUT2D eigenvalue weighted by Gasteiger charge is -2.21. The van der Waals surface area contributed by atoms with Crippen LogP contribution in [0.5, 0.6) is 0 Å². The Kier molecular flexibility index (Phi) is 2.97. The molecule has 0 aliphatic carbocycles. The van der Waals surface area contributed by atoms with Crippen LogP contribution in [0.3, 0.4) is 0 Å². The zero-order valence-electron chi connectivity index (χ0n) is 8.74. The van der Waals surface area contributed by atoms with E-state index >= 15 is 0 Å². The first-order chi connectivity index (χ1) is 6.33. The number of hydrogen-bond acceptors (Lipinski definition) is 3. The lowest BCUT2D eigenvalue weighted by molar-refractivity contribution is -0.145. The summed E-state index contributed by atoms with van der Waals surface area (Å²) in [5.74, 6) is -1.82. The van der Waals surface area contributed by atoms with Crippen LogP contribution in [0.25, 0.3) is 0 Å². The van der Waals surface area contributed by atoms with Gasteiger partial charge in [-0.15, -0.1) is 0 Å². The fourth-order valence-corrected chi connectivity index (χ4v) is 1.38. The van der Waals surface area contributed by atoms with Gasteiger partial charge in [0, 0.05) is 11.5 Å². The van der Waals surface area contributed by atoms with Gasteiger partial charge in [-0.05, 0) is 13.8 Å². The molecule has 0 aromatic carbocycles. The summed E-state index contributed by atoms with van der Waals surface area (Å²) in [6.07, 6.45) is -0.214. The van der Waals surface area contributed by atoms with Gasteiger partial charge in [-0.25, -0.2) is 4.79 Å². The second-order valence-electron chi connectivity index (χ2n) is 3.99. The zero-order chi connectivity index (χ0) is 10.9. The molecule has 1 rings (SSSR count). The van der Waals surface area contributed by atoms with Crippen LogP contribution in [-0.4, -0.2) is 29.6 Å². The van der Waals surface area contributed by atoms with Crippen molar-refractivity contribution in [2.24, 2.45) is 5.92 Å². The Morgan fingerprint density at radius 3 is 2.57 bits per heavy atom. The summed E-state index contributed by atoms with van der Waals surface area (Å²) in [4.78, 5) is 10.7. The van der Waals surface area contributed by atoms with E-state index in [4.69, 9.17) is 14.6 Å². The third-order valence-corrected chi connectivity index (χ3v) is 2.41. The third kappa shape index (κ3) is 2.33. The number of ether oxygens (including phenoxy) is 2. The molecule has 0 bridgehead atoms. The summed E-state index contributed by atoms with van der Waals surface area (Å²) < 4.78 is 10.9. The second kappa shape index (κ2) is 3.71. The highest BCUT2D eigenvalue weighted by molar-refractivity contribution is 5.86. The topological polar surface area (TPSA) is 55.8 Å². The van der Waals surface area contributed by atoms with Crippen molar-refractivity contribution in [2.75, 3.05) is 6.61 Å². The Morgan fingerprint density at radius 2 is 2.21 bits per heavy atom. The fraction of sp³-hybridized carbons (Fsp3) is 0.700. The lowest BCUT2D eigenvalue weighted by atomic mass is 9.97. The van der Waals surface area contributed by atoms with Crippen LogP contribution >= 0.6 is 0 Å². The minimum atomic E-state index is -0.981. The molecule has 1 heterocycles. The van der Waals surface area contributed by atoms with Crippen molar-refractivity contribution in [3.63, 3.8) is 0 Å². The molecule has 2 unspecified atom stereocenters. The van der Waals surface area contributed by atoms with Crippen LogP contribution < -0.4 is 0 Å². The molecule has 1 N–H and O–H groups in total. The average molecular weight is 200 g/mol. The maximum absolute atomic E-state index is 10.7. The highest BCUT2D eigenvalue weighted by Gasteiger charge is 2.37. The predicted octanol–water partition coefficient (Wildman–Crippen LogP) is 1.41. The molecule has 0 saturated carbocycles. The molecule has 0 amide bonds. The Balaban J connectivity index is 2.60. The molecule has 0 aromatic rings. The average Bonchev–Trinajstić information content (AvgIpc) is 2.43. The van der Waals surface area contributed by atoms with Crippen LogP contribution in [0, 0.1) is 5.92 Å². The molecule has 4 nitrogen and oxygen atoms in total. The molecule has 1 aliphatic rings. The molecular weight excluding hydrogens is 184 g/mol. The second-order valence-corrected chi connectivity index (χ2v) is 3.99. The summed E-state index contributed by atoms with van der Waals surface area (Å²) in [7, 11) is 0. The number of rotatable bonds is 3. The Labute approximate surface area is 83.5 Å². The van der Waals surface area contributed by atoms with Gasteiger partial charge in [-0.2, -0.15) is 0 Å². The van der Waals surface area contributed by atoms with Crippen molar-refractivity contribution in [1.82, 2.24) is 0 Å². The first kappa shape index (κ1) is 11.2. The molecule has 14 heavy (non-hydrogen) atoms. The van der Waals surface area contributed by atoms with E-state index in [1.54, 1.807) is 6.92 Å². The van der Waals surface area contributed by atoms with Crippen LogP contribution in [0.4, 0.5) is 0 Å². The molecule has 4 heteroatoms. The fourth-order valence-electron chi connectivity index (χ4n) is 1.38. The van der Waals surface area contributed by atoms with Gasteiger partial charge in [0.1, 0.15) is 0 Å². The van der Waals surface area contributed by atoms with Crippen LogP contribution in [0.1, 0.15) is 20.8 Å². The van der Waals surface area contributed by atoms with Crippen molar-refractivity contribution in [3.05, 3.63) is 12.2 Å². The lowest BCUT2D eigenvalue weighted by Crippen LogP contribution is -2.27. The number of hydrogen-bond donors (Lipinski definition) is 1. The molecular formula is C10H16O4. The van der Waals surface area contributed by atoms with Gasteiger partial charge < -0.3 is 14.6 Å². The maximum atomic E-state index is 10.7.